The molecule has 6 nitrogen and oxygen atoms in total. The van der Waals surface area contributed by atoms with Crippen LogP contribution >= 0.6 is 15.9 Å². The zero-order valence-electron chi connectivity index (χ0n) is 12.9. The van der Waals surface area contributed by atoms with Crippen molar-refractivity contribution in [3.8, 4) is 0 Å². The third-order valence-corrected chi connectivity index (χ3v) is 4.52. The van der Waals surface area contributed by atoms with Gasteiger partial charge in [-0.15, -0.1) is 0 Å². The van der Waals surface area contributed by atoms with Crippen LogP contribution in [0.15, 0.2) is 15.5 Å². The first kappa shape index (κ1) is 16.5. The van der Waals surface area contributed by atoms with Gasteiger partial charge in [-0.05, 0) is 28.9 Å². The fourth-order valence-corrected chi connectivity index (χ4v) is 3.20. The molecule has 21 heavy (non-hydrogen) atoms. The molecule has 2 rings (SSSR count). The summed E-state index contributed by atoms with van der Waals surface area (Å²) in [6, 6.07) is 0.210. The monoisotopic (exact) mass is 357 g/mol. The van der Waals surface area contributed by atoms with E-state index in [-0.39, 0.29) is 11.6 Å². The molecule has 7 heteroatoms. The van der Waals surface area contributed by atoms with Gasteiger partial charge in [0, 0.05) is 32.7 Å². The predicted molar refractivity (Wildman–Crippen MR) is 88.7 cm³/mol. The normalized spacial score (nSPS) is 20.3. The molecule has 1 aromatic rings. The fourth-order valence-electron chi connectivity index (χ4n) is 2.66. The molecule has 118 valence electrons. The highest BCUT2D eigenvalue weighted by Gasteiger charge is 2.27. The van der Waals surface area contributed by atoms with Crippen molar-refractivity contribution < 1.29 is 0 Å². The van der Waals surface area contributed by atoms with E-state index in [0.717, 1.165) is 25.3 Å². The molecule has 0 spiro atoms. The lowest BCUT2D eigenvalue weighted by Gasteiger charge is -2.41. The quantitative estimate of drug-likeness (QED) is 0.860. The summed E-state index contributed by atoms with van der Waals surface area (Å²) in [4.78, 5) is 16.9. The second-order valence-electron chi connectivity index (χ2n) is 6.07. The van der Waals surface area contributed by atoms with E-state index in [9.17, 15) is 4.79 Å². The van der Waals surface area contributed by atoms with Crippen molar-refractivity contribution in [2.75, 3.05) is 38.1 Å². The summed E-state index contributed by atoms with van der Waals surface area (Å²) in [5.41, 5.74) is 6.67. The summed E-state index contributed by atoms with van der Waals surface area (Å²) in [7, 11) is 2.09. The molecule has 0 bridgehead atoms. The SMILES string of the molecule is CC(C)Cn1ncc(N2CCN(C)CC2CN)c(Br)c1=O. The maximum Gasteiger partial charge on any atom is 0.283 e. The van der Waals surface area contributed by atoms with Crippen molar-refractivity contribution in [2.45, 2.75) is 26.4 Å². The Bertz CT molecular complexity index is 545. The zero-order chi connectivity index (χ0) is 15.6. The van der Waals surface area contributed by atoms with Crippen LogP contribution in [-0.4, -0.2) is 53.9 Å². The van der Waals surface area contributed by atoms with Gasteiger partial charge in [0.1, 0.15) is 4.47 Å². The molecule has 1 aliphatic rings. The van der Waals surface area contributed by atoms with Gasteiger partial charge in [-0.25, -0.2) is 4.68 Å². The standard InChI is InChI=1S/C14H24BrN5O/c1-10(2)8-20-14(21)13(15)12(7-17-20)19-5-4-18(3)9-11(19)6-16/h7,10-11H,4-6,8-9,16H2,1-3H3. The van der Waals surface area contributed by atoms with Gasteiger partial charge in [0.2, 0.25) is 0 Å². The molecule has 0 aliphatic carbocycles. The highest BCUT2D eigenvalue weighted by Crippen LogP contribution is 2.25. The van der Waals surface area contributed by atoms with Gasteiger partial charge in [-0.1, -0.05) is 13.8 Å². The maximum absolute atomic E-state index is 12.4. The zero-order valence-corrected chi connectivity index (χ0v) is 14.5. The van der Waals surface area contributed by atoms with Gasteiger partial charge in [-0.3, -0.25) is 4.79 Å². The molecule has 0 aromatic carbocycles. The Labute approximate surface area is 134 Å². The van der Waals surface area contributed by atoms with Crippen LogP contribution in [0, 0.1) is 5.92 Å². The number of nitrogens with two attached hydrogens (primary N) is 1. The molecule has 1 saturated heterocycles. The van der Waals surface area contributed by atoms with Gasteiger partial charge in [0.15, 0.2) is 0 Å². The van der Waals surface area contributed by atoms with Crippen LogP contribution in [0.1, 0.15) is 13.8 Å². The first-order chi connectivity index (χ1) is 9.93. The topological polar surface area (TPSA) is 67.4 Å². The van der Waals surface area contributed by atoms with Crippen LogP contribution in [0.2, 0.25) is 0 Å². The van der Waals surface area contributed by atoms with Crippen LogP contribution in [0.4, 0.5) is 5.69 Å². The maximum atomic E-state index is 12.4. The highest BCUT2D eigenvalue weighted by molar-refractivity contribution is 9.10. The lowest BCUT2D eigenvalue weighted by molar-refractivity contribution is 0.269. The minimum atomic E-state index is -0.0732. The Morgan fingerprint density at radius 2 is 2.19 bits per heavy atom. The van der Waals surface area contributed by atoms with E-state index in [4.69, 9.17) is 5.73 Å². The molecule has 1 aromatic heterocycles. The summed E-state index contributed by atoms with van der Waals surface area (Å²) >= 11 is 3.46. The molecule has 2 heterocycles. The van der Waals surface area contributed by atoms with Crippen LogP contribution < -0.4 is 16.2 Å². The van der Waals surface area contributed by atoms with E-state index in [1.54, 1.807) is 6.20 Å². The Kier molecular flexibility index (Phi) is 5.40. The summed E-state index contributed by atoms with van der Waals surface area (Å²) in [6.45, 7) is 8.04. The Hall–Kier alpha value is -0.920. The number of rotatable bonds is 4. The summed E-state index contributed by atoms with van der Waals surface area (Å²) in [5, 5.41) is 4.32. The van der Waals surface area contributed by atoms with E-state index < -0.39 is 0 Å². The van der Waals surface area contributed by atoms with E-state index in [1.165, 1.54) is 4.68 Å². The molecule has 0 amide bonds. The largest absolute Gasteiger partial charge is 0.362 e. The molecule has 1 fully saturated rings. The minimum Gasteiger partial charge on any atom is -0.362 e. The molecule has 0 saturated carbocycles. The van der Waals surface area contributed by atoms with E-state index in [2.05, 4.69) is 51.7 Å². The molecule has 0 radical (unpaired) electrons. The predicted octanol–water partition coefficient (Wildman–Crippen LogP) is 0.741. The third kappa shape index (κ3) is 3.64. The van der Waals surface area contributed by atoms with Crippen LogP contribution in [-0.2, 0) is 6.54 Å². The number of anilines is 1. The molecule has 1 aliphatic heterocycles. The average molecular weight is 358 g/mol. The molecule has 2 N–H and O–H groups in total. The number of nitrogens with zero attached hydrogens (tertiary/aromatic N) is 4. The number of aromatic nitrogens is 2. The van der Waals surface area contributed by atoms with E-state index in [1.807, 2.05) is 0 Å². The average Bonchev–Trinajstić information content (AvgIpc) is 2.44. The van der Waals surface area contributed by atoms with E-state index >= 15 is 0 Å². The minimum absolute atomic E-state index is 0.0732. The molecular weight excluding hydrogens is 334 g/mol. The van der Waals surface area contributed by atoms with Crippen molar-refractivity contribution in [2.24, 2.45) is 11.7 Å². The summed E-state index contributed by atoms with van der Waals surface area (Å²) < 4.78 is 2.10. The lowest BCUT2D eigenvalue weighted by atomic mass is 10.1. The van der Waals surface area contributed by atoms with E-state index in [0.29, 0.717) is 23.5 Å². The number of likely N-dealkylation sites (N-methyl/N-ethyl adjacent to an activating group) is 1. The first-order valence-corrected chi connectivity index (χ1v) is 8.14. The molecular formula is C14H24BrN5O. The highest BCUT2D eigenvalue weighted by atomic mass is 79.9. The van der Waals surface area contributed by atoms with Gasteiger partial charge in [0.05, 0.1) is 17.9 Å². The number of hydrogen-bond acceptors (Lipinski definition) is 5. The second kappa shape index (κ2) is 6.89. The fraction of sp³-hybridized carbons (Fsp3) is 0.714. The van der Waals surface area contributed by atoms with Gasteiger partial charge >= 0.3 is 0 Å². The van der Waals surface area contributed by atoms with Crippen molar-refractivity contribution in [1.82, 2.24) is 14.7 Å². The van der Waals surface area contributed by atoms with Crippen LogP contribution in [0.3, 0.4) is 0 Å². The summed E-state index contributed by atoms with van der Waals surface area (Å²) in [6.07, 6.45) is 1.78. The second-order valence-corrected chi connectivity index (χ2v) is 6.86. The first-order valence-electron chi connectivity index (χ1n) is 7.35. The Balaban J connectivity index is 2.32. The third-order valence-electron chi connectivity index (χ3n) is 3.77. The van der Waals surface area contributed by atoms with Crippen molar-refractivity contribution in [3.05, 3.63) is 21.0 Å². The Morgan fingerprint density at radius 1 is 1.48 bits per heavy atom. The van der Waals surface area contributed by atoms with Crippen molar-refractivity contribution >= 4 is 21.6 Å². The van der Waals surface area contributed by atoms with Crippen LogP contribution in [0.25, 0.3) is 0 Å². The molecule has 1 unspecified atom stereocenters. The van der Waals surface area contributed by atoms with Gasteiger partial charge < -0.3 is 15.5 Å². The number of halogens is 1. The number of hydrogen-bond donors (Lipinski definition) is 1. The summed E-state index contributed by atoms with van der Waals surface area (Å²) in [5.74, 6) is 0.383. The Morgan fingerprint density at radius 3 is 2.81 bits per heavy atom. The van der Waals surface area contributed by atoms with Crippen LogP contribution in [0.5, 0.6) is 0 Å². The number of piperazine rings is 1. The van der Waals surface area contributed by atoms with Crippen molar-refractivity contribution in [3.63, 3.8) is 0 Å². The van der Waals surface area contributed by atoms with Gasteiger partial charge in [-0.2, -0.15) is 5.10 Å². The smallest absolute Gasteiger partial charge is 0.283 e. The lowest BCUT2D eigenvalue weighted by Crippen LogP contribution is -2.55. The van der Waals surface area contributed by atoms with Gasteiger partial charge in [0.25, 0.3) is 5.56 Å². The van der Waals surface area contributed by atoms with Crippen molar-refractivity contribution in [1.29, 1.82) is 0 Å². The molecule has 1 atom stereocenters.